The van der Waals surface area contributed by atoms with Crippen molar-refractivity contribution < 1.29 is 19.2 Å². The number of allylic oxidation sites excluding steroid dienone is 3. The highest BCUT2D eigenvalue weighted by Gasteiger charge is 2.23. The fourth-order valence-electron chi connectivity index (χ4n) is 4.42. The Bertz CT molecular complexity index is 983. The molecule has 2 heterocycles. The molecule has 1 atom stereocenters. The second-order valence-corrected chi connectivity index (χ2v) is 9.55. The predicted octanol–water partition coefficient (Wildman–Crippen LogP) is 5.58. The van der Waals surface area contributed by atoms with Gasteiger partial charge in [-0.3, -0.25) is 4.79 Å². The molecule has 0 spiro atoms. The van der Waals surface area contributed by atoms with Crippen molar-refractivity contribution in [1.82, 2.24) is 4.90 Å². The zero-order valence-corrected chi connectivity index (χ0v) is 21.2. The Kier molecular flexibility index (Phi) is 9.75. The van der Waals surface area contributed by atoms with Crippen molar-refractivity contribution in [3.05, 3.63) is 57.6 Å². The van der Waals surface area contributed by atoms with Crippen LogP contribution in [0.3, 0.4) is 0 Å². The summed E-state index contributed by atoms with van der Waals surface area (Å²) >= 11 is 6.67. The summed E-state index contributed by atoms with van der Waals surface area (Å²) in [5, 5.41) is 4.80. The number of likely N-dealkylation sites (tertiary alicyclic amines) is 1. The molecular formula is C27H35ClN2O4. The van der Waals surface area contributed by atoms with E-state index in [0.29, 0.717) is 47.2 Å². The van der Waals surface area contributed by atoms with Gasteiger partial charge in [-0.1, -0.05) is 48.0 Å². The molecule has 0 saturated carbocycles. The van der Waals surface area contributed by atoms with Crippen molar-refractivity contribution in [2.75, 3.05) is 26.3 Å². The quantitative estimate of drug-likeness (QED) is 0.317. The van der Waals surface area contributed by atoms with Gasteiger partial charge in [-0.25, -0.2) is 4.79 Å². The van der Waals surface area contributed by atoms with Crippen molar-refractivity contribution in [3.8, 4) is 0 Å². The van der Waals surface area contributed by atoms with Crippen LogP contribution < -0.4 is 0 Å². The lowest BCUT2D eigenvalue weighted by Gasteiger charge is -2.30. The first-order chi connectivity index (χ1) is 16.4. The number of oxime groups is 1. The highest BCUT2D eigenvalue weighted by atomic mass is 35.5. The van der Waals surface area contributed by atoms with E-state index in [1.807, 2.05) is 43.0 Å². The van der Waals surface area contributed by atoms with Crippen molar-refractivity contribution in [2.45, 2.75) is 59.3 Å². The van der Waals surface area contributed by atoms with Gasteiger partial charge in [0, 0.05) is 24.5 Å². The molecule has 0 bridgehead atoms. The molecule has 2 aliphatic heterocycles. The standard InChI is InChI=1S/C27H35ClN2O4/c1-19-11-10-13-30(17-19)24(31)18-34-29-22-12-8-6-4-5-7-9-14-33-27(32)25-20(2)15-21(3)26(28)23(25)16-22/h5,7-8,12,15,19H,4,6,9-11,13-14,16-18H2,1-3H3/b7-5+,12-8?,29-22+. The van der Waals surface area contributed by atoms with Crippen LogP contribution in [0, 0.1) is 19.8 Å². The average molecular weight is 487 g/mol. The minimum Gasteiger partial charge on any atom is -0.462 e. The van der Waals surface area contributed by atoms with E-state index < -0.39 is 5.97 Å². The van der Waals surface area contributed by atoms with Crippen LogP contribution in [-0.4, -0.2) is 48.8 Å². The maximum absolute atomic E-state index is 12.9. The first-order valence-electron chi connectivity index (χ1n) is 12.1. The van der Waals surface area contributed by atoms with Gasteiger partial charge in [-0.15, -0.1) is 0 Å². The van der Waals surface area contributed by atoms with Gasteiger partial charge in [0.15, 0.2) is 6.61 Å². The Labute approximate surface area is 207 Å². The number of fused-ring (bicyclic) bond motifs is 1. The molecule has 1 saturated heterocycles. The van der Waals surface area contributed by atoms with Crippen molar-refractivity contribution in [1.29, 1.82) is 0 Å². The minimum atomic E-state index is -0.390. The van der Waals surface area contributed by atoms with Crippen LogP contribution in [0.1, 0.15) is 66.1 Å². The van der Waals surface area contributed by atoms with Gasteiger partial charge in [0.25, 0.3) is 5.91 Å². The molecule has 34 heavy (non-hydrogen) atoms. The zero-order chi connectivity index (χ0) is 24.5. The molecule has 0 radical (unpaired) electrons. The number of amides is 1. The van der Waals surface area contributed by atoms with Gasteiger partial charge in [0.05, 0.1) is 17.9 Å². The number of rotatable bonds is 3. The van der Waals surface area contributed by atoms with Crippen LogP contribution in [0.25, 0.3) is 0 Å². The minimum absolute atomic E-state index is 0.0559. The Hall–Kier alpha value is -2.60. The highest BCUT2D eigenvalue weighted by Crippen LogP contribution is 2.29. The lowest BCUT2D eigenvalue weighted by molar-refractivity contribution is -0.137. The summed E-state index contributed by atoms with van der Waals surface area (Å²) in [4.78, 5) is 32.9. The van der Waals surface area contributed by atoms with E-state index in [1.165, 1.54) is 0 Å². The first kappa shape index (κ1) is 26.0. The molecule has 6 nitrogen and oxygen atoms in total. The third kappa shape index (κ3) is 7.20. The van der Waals surface area contributed by atoms with Crippen LogP contribution in [0.15, 0.2) is 35.5 Å². The monoisotopic (exact) mass is 486 g/mol. The Morgan fingerprint density at radius 3 is 2.76 bits per heavy atom. The number of halogens is 1. The molecule has 184 valence electrons. The largest absolute Gasteiger partial charge is 0.462 e. The average Bonchev–Trinajstić information content (AvgIpc) is 2.80. The summed E-state index contributed by atoms with van der Waals surface area (Å²) in [6, 6.07) is 1.90. The van der Waals surface area contributed by atoms with E-state index in [4.69, 9.17) is 21.2 Å². The third-order valence-electron chi connectivity index (χ3n) is 6.18. The molecule has 1 aromatic rings. The van der Waals surface area contributed by atoms with Crippen molar-refractivity contribution >= 4 is 29.2 Å². The molecule has 0 aliphatic carbocycles. The second-order valence-electron chi connectivity index (χ2n) is 9.17. The predicted molar refractivity (Wildman–Crippen MR) is 135 cm³/mol. The number of hydrogen-bond acceptors (Lipinski definition) is 5. The lowest BCUT2D eigenvalue weighted by Crippen LogP contribution is -2.40. The summed E-state index contributed by atoms with van der Waals surface area (Å²) in [5.74, 6) is 0.0589. The molecule has 2 aliphatic rings. The smallest absolute Gasteiger partial charge is 0.338 e. The fourth-order valence-corrected chi connectivity index (χ4v) is 4.63. The maximum atomic E-state index is 12.9. The number of carbonyl (C=O) groups is 2. The van der Waals surface area contributed by atoms with Gasteiger partial charge < -0.3 is 14.5 Å². The number of carbonyl (C=O) groups excluding carboxylic acids is 2. The summed E-state index contributed by atoms with van der Waals surface area (Å²) in [5.41, 5.74) is 3.43. The van der Waals surface area contributed by atoms with Gasteiger partial charge in [0.2, 0.25) is 0 Å². The molecule has 0 aromatic heterocycles. The number of aryl methyl sites for hydroxylation is 2. The van der Waals surface area contributed by atoms with E-state index in [1.54, 1.807) is 0 Å². The van der Waals surface area contributed by atoms with Crippen LogP contribution >= 0.6 is 11.6 Å². The summed E-state index contributed by atoms with van der Waals surface area (Å²) in [6.07, 6.45) is 12.9. The topological polar surface area (TPSA) is 68.2 Å². The lowest BCUT2D eigenvalue weighted by atomic mass is 9.94. The summed E-state index contributed by atoms with van der Waals surface area (Å²) in [6.45, 7) is 7.69. The molecule has 7 heteroatoms. The molecule has 3 rings (SSSR count). The maximum Gasteiger partial charge on any atom is 0.338 e. The van der Waals surface area contributed by atoms with Crippen LogP contribution in [-0.2, 0) is 20.8 Å². The third-order valence-corrected chi connectivity index (χ3v) is 6.70. The van der Waals surface area contributed by atoms with Crippen molar-refractivity contribution in [3.63, 3.8) is 0 Å². The van der Waals surface area contributed by atoms with Gasteiger partial charge in [-0.05, 0) is 74.6 Å². The van der Waals surface area contributed by atoms with E-state index in [9.17, 15) is 9.59 Å². The Balaban J connectivity index is 1.85. The number of hydrogen-bond donors (Lipinski definition) is 0. The number of piperidine rings is 1. The summed E-state index contributed by atoms with van der Waals surface area (Å²) < 4.78 is 5.52. The molecule has 1 amide bonds. The van der Waals surface area contributed by atoms with E-state index in [2.05, 4.69) is 18.2 Å². The normalized spacial score (nSPS) is 22.0. The van der Waals surface area contributed by atoms with Crippen LogP contribution in [0.5, 0.6) is 0 Å². The number of benzene rings is 1. The van der Waals surface area contributed by atoms with E-state index in [-0.39, 0.29) is 12.5 Å². The molecule has 1 fully saturated rings. The molecule has 0 N–H and O–H groups in total. The number of esters is 1. The molecule has 1 aromatic carbocycles. The first-order valence-corrected chi connectivity index (χ1v) is 12.5. The van der Waals surface area contributed by atoms with Gasteiger partial charge in [-0.2, -0.15) is 0 Å². The second kappa shape index (κ2) is 12.7. The van der Waals surface area contributed by atoms with Crippen LogP contribution in [0.2, 0.25) is 5.02 Å². The zero-order valence-electron chi connectivity index (χ0n) is 20.4. The summed E-state index contributed by atoms with van der Waals surface area (Å²) in [7, 11) is 0. The highest BCUT2D eigenvalue weighted by molar-refractivity contribution is 6.33. The number of nitrogens with zero attached hydrogens (tertiary/aromatic N) is 2. The van der Waals surface area contributed by atoms with E-state index >= 15 is 0 Å². The van der Waals surface area contributed by atoms with Gasteiger partial charge in [0.1, 0.15) is 0 Å². The Morgan fingerprint density at radius 1 is 1.21 bits per heavy atom. The SMILES string of the molecule is Cc1cc(C)c2c(c1Cl)C/C(=N/OCC(=O)N1CCCC(C)C1)C=CCC/C=C/CCOC2=O. The van der Waals surface area contributed by atoms with E-state index in [0.717, 1.165) is 49.9 Å². The van der Waals surface area contributed by atoms with Crippen molar-refractivity contribution in [2.24, 2.45) is 11.1 Å². The van der Waals surface area contributed by atoms with Gasteiger partial charge >= 0.3 is 5.97 Å². The fraction of sp³-hybridized carbons (Fsp3) is 0.519. The molecular weight excluding hydrogens is 452 g/mol. The number of ether oxygens (including phenoxy) is 1. The van der Waals surface area contributed by atoms with Crippen LogP contribution in [0.4, 0.5) is 0 Å². The molecule has 1 unspecified atom stereocenters. The Morgan fingerprint density at radius 2 is 1.97 bits per heavy atom. The number of cyclic esters (lactones) is 1.